The number of hydrazine groups is 1. The average Bonchev–Trinajstić information content (AvgIpc) is 3.36. The van der Waals surface area contributed by atoms with E-state index in [1.807, 2.05) is 18.2 Å². The van der Waals surface area contributed by atoms with E-state index in [1.54, 1.807) is 30.3 Å². The molecule has 0 radical (unpaired) electrons. The normalized spacial score (nSPS) is 10.7. The second kappa shape index (κ2) is 7.00. The van der Waals surface area contributed by atoms with Gasteiger partial charge in [-0.15, -0.1) is 5.10 Å². The number of halogens is 1. The van der Waals surface area contributed by atoms with E-state index in [4.69, 9.17) is 4.42 Å². The number of rotatable bonds is 3. The van der Waals surface area contributed by atoms with Gasteiger partial charge in [-0.25, -0.2) is 4.68 Å². The largest absolute Gasteiger partial charge is 0.450 e. The Bertz CT molecular complexity index is 1120. The van der Waals surface area contributed by atoms with Crippen LogP contribution in [0, 0.1) is 0 Å². The first-order valence-electron chi connectivity index (χ1n) is 7.74. The Balaban J connectivity index is 1.42. The predicted octanol–water partition coefficient (Wildman–Crippen LogP) is 2.25. The van der Waals surface area contributed by atoms with Crippen LogP contribution in [-0.2, 0) is 0 Å². The van der Waals surface area contributed by atoms with Gasteiger partial charge in [0.2, 0.25) is 0 Å². The molecule has 0 aliphatic rings. The molecule has 4 aromatic rings. The van der Waals surface area contributed by atoms with Crippen molar-refractivity contribution in [1.29, 1.82) is 0 Å². The molecule has 10 heteroatoms. The van der Waals surface area contributed by atoms with Gasteiger partial charge in [-0.3, -0.25) is 20.4 Å². The fourth-order valence-electron chi connectivity index (χ4n) is 2.43. The number of fused-ring (bicyclic) bond motifs is 1. The number of hydrogen-bond acceptors (Lipinski definition) is 6. The molecule has 0 atom stereocenters. The van der Waals surface area contributed by atoms with Crippen LogP contribution in [0.2, 0.25) is 0 Å². The molecule has 27 heavy (non-hydrogen) atoms. The van der Waals surface area contributed by atoms with Crippen LogP contribution >= 0.6 is 15.9 Å². The van der Waals surface area contributed by atoms with E-state index in [-0.39, 0.29) is 5.76 Å². The number of hydrogen-bond donors (Lipinski definition) is 2. The number of tetrazole rings is 1. The topological polar surface area (TPSA) is 115 Å². The molecule has 0 saturated carbocycles. The molecule has 2 aromatic carbocycles. The lowest BCUT2D eigenvalue weighted by Crippen LogP contribution is -2.41. The Labute approximate surface area is 160 Å². The Hall–Kier alpha value is -3.53. The maximum absolute atomic E-state index is 12.2. The molecule has 134 valence electrons. The van der Waals surface area contributed by atoms with Gasteiger partial charge in [0.05, 0.1) is 10.2 Å². The molecule has 9 nitrogen and oxygen atoms in total. The third-order valence-corrected chi connectivity index (χ3v) is 4.38. The van der Waals surface area contributed by atoms with Crippen molar-refractivity contribution < 1.29 is 14.0 Å². The van der Waals surface area contributed by atoms with Crippen molar-refractivity contribution in [3.63, 3.8) is 0 Å². The SMILES string of the molecule is O=C(NNC(=O)c1cc2cccc(Br)c2o1)c1ccc(-n2cnnn2)cc1. The number of nitrogens with zero attached hydrogens (tertiary/aromatic N) is 4. The van der Waals surface area contributed by atoms with Gasteiger partial charge in [0, 0.05) is 10.9 Å². The van der Waals surface area contributed by atoms with E-state index >= 15 is 0 Å². The van der Waals surface area contributed by atoms with Crippen LogP contribution in [0.25, 0.3) is 16.7 Å². The molecule has 0 aliphatic heterocycles. The van der Waals surface area contributed by atoms with Crippen molar-refractivity contribution >= 4 is 38.7 Å². The summed E-state index contributed by atoms with van der Waals surface area (Å²) in [4.78, 5) is 24.4. The van der Waals surface area contributed by atoms with Crippen LogP contribution in [0.3, 0.4) is 0 Å². The molecular formula is C17H11BrN6O3. The highest BCUT2D eigenvalue weighted by Gasteiger charge is 2.15. The summed E-state index contributed by atoms with van der Waals surface area (Å²) in [6.07, 6.45) is 1.45. The van der Waals surface area contributed by atoms with Crippen LogP contribution in [0.5, 0.6) is 0 Å². The van der Waals surface area contributed by atoms with Gasteiger partial charge >= 0.3 is 5.91 Å². The van der Waals surface area contributed by atoms with E-state index in [0.29, 0.717) is 16.8 Å². The minimum absolute atomic E-state index is 0.0891. The first-order valence-corrected chi connectivity index (χ1v) is 8.53. The highest BCUT2D eigenvalue weighted by molar-refractivity contribution is 9.10. The third-order valence-electron chi connectivity index (χ3n) is 3.75. The van der Waals surface area contributed by atoms with Crippen molar-refractivity contribution in [2.75, 3.05) is 0 Å². The van der Waals surface area contributed by atoms with Crippen LogP contribution in [0.15, 0.2) is 63.7 Å². The van der Waals surface area contributed by atoms with Gasteiger partial charge in [-0.1, -0.05) is 12.1 Å². The summed E-state index contributed by atoms with van der Waals surface area (Å²) in [7, 11) is 0. The maximum Gasteiger partial charge on any atom is 0.305 e. The minimum Gasteiger partial charge on any atom is -0.450 e. The van der Waals surface area contributed by atoms with Gasteiger partial charge in [0.1, 0.15) is 11.9 Å². The van der Waals surface area contributed by atoms with Gasteiger partial charge < -0.3 is 4.42 Å². The zero-order valence-corrected chi connectivity index (χ0v) is 15.2. The van der Waals surface area contributed by atoms with E-state index in [1.165, 1.54) is 11.0 Å². The summed E-state index contributed by atoms with van der Waals surface area (Å²) in [6, 6.07) is 13.6. The maximum atomic E-state index is 12.2. The third kappa shape index (κ3) is 3.42. The molecule has 0 unspecified atom stereocenters. The Morgan fingerprint density at radius 2 is 1.81 bits per heavy atom. The first-order chi connectivity index (χ1) is 13.1. The minimum atomic E-state index is -0.559. The van der Waals surface area contributed by atoms with E-state index in [9.17, 15) is 9.59 Å². The molecule has 2 N–H and O–H groups in total. The van der Waals surface area contributed by atoms with Crippen molar-refractivity contribution in [2.45, 2.75) is 0 Å². The molecule has 4 rings (SSSR count). The standard InChI is InChI=1S/C17H11BrN6O3/c18-13-3-1-2-11-8-14(27-15(11)13)17(26)21-20-16(25)10-4-6-12(7-5-10)24-9-19-22-23-24/h1-9H,(H,20,25)(H,21,26). The molecule has 2 heterocycles. The van der Waals surface area contributed by atoms with Gasteiger partial charge in [0.25, 0.3) is 5.91 Å². The number of nitrogens with one attached hydrogen (secondary N) is 2. The van der Waals surface area contributed by atoms with Crippen molar-refractivity contribution in [2.24, 2.45) is 0 Å². The van der Waals surface area contributed by atoms with Gasteiger partial charge in [0.15, 0.2) is 5.76 Å². The molecule has 0 fully saturated rings. The van der Waals surface area contributed by atoms with Crippen LogP contribution < -0.4 is 10.9 Å². The number of aromatic nitrogens is 4. The fraction of sp³-hybridized carbons (Fsp3) is 0. The molecule has 0 aliphatic carbocycles. The number of para-hydroxylation sites is 1. The van der Waals surface area contributed by atoms with Crippen molar-refractivity contribution in [3.05, 3.63) is 70.7 Å². The second-order valence-electron chi connectivity index (χ2n) is 5.48. The predicted molar refractivity (Wildman–Crippen MR) is 98.0 cm³/mol. The van der Waals surface area contributed by atoms with Crippen LogP contribution in [0.1, 0.15) is 20.9 Å². The van der Waals surface area contributed by atoms with E-state index in [0.717, 1.165) is 9.86 Å². The summed E-state index contributed by atoms with van der Waals surface area (Å²) < 4.78 is 7.73. The lowest BCUT2D eigenvalue weighted by atomic mass is 10.2. The van der Waals surface area contributed by atoms with Gasteiger partial charge in [-0.2, -0.15) is 0 Å². The van der Waals surface area contributed by atoms with E-state index in [2.05, 4.69) is 42.3 Å². The van der Waals surface area contributed by atoms with Crippen LogP contribution in [-0.4, -0.2) is 32.0 Å². The fourth-order valence-corrected chi connectivity index (χ4v) is 2.89. The molecule has 0 spiro atoms. The van der Waals surface area contributed by atoms with Crippen molar-refractivity contribution in [1.82, 2.24) is 31.1 Å². The van der Waals surface area contributed by atoms with Gasteiger partial charge in [-0.05, 0) is 62.8 Å². The molecule has 2 aromatic heterocycles. The number of amides is 2. The summed E-state index contributed by atoms with van der Waals surface area (Å²) in [5, 5.41) is 11.6. The lowest BCUT2D eigenvalue weighted by Gasteiger charge is -2.06. The van der Waals surface area contributed by atoms with Crippen molar-refractivity contribution in [3.8, 4) is 5.69 Å². The second-order valence-corrected chi connectivity index (χ2v) is 6.33. The summed E-state index contributed by atoms with van der Waals surface area (Å²) in [5.74, 6) is -0.938. The Morgan fingerprint density at radius 3 is 2.52 bits per heavy atom. The monoisotopic (exact) mass is 426 g/mol. The zero-order valence-electron chi connectivity index (χ0n) is 13.6. The average molecular weight is 427 g/mol. The summed E-state index contributed by atoms with van der Waals surface area (Å²) in [6.45, 7) is 0. The number of carbonyl (C=O) groups excluding carboxylic acids is 2. The molecule has 0 saturated heterocycles. The number of furan rings is 1. The first kappa shape index (κ1) is 16.9. The number of carbonyl (C=O) groups is 2. The quantitative estimate of drug-likeness (QED) is 0.485. The smallest absolute Gasteiger partial charge is 0.305 e. The number of benzene rings is 2. The molecular weight excluding hydrogens is 416 g/mol. The Kier molecular flexibility index (Phi) is 4.38. The summed E-state index contributed by atoms with van der Waals surface area (Å²) >= 11 is 3.36. The van der Waals surface area contributed by atoms with Crippen LogP contribution in [0.4, 0.5) is 0 Å². The molecule has 0 bridgehead atoms. The zero-order chi connectivity index (χ0) is 18.8. The Morgan fingerprint density at radius 1 is 1.04 bits per heavy atom. The van der Waals surface area contributed by atoms with E-state index < -0.39 is 11.8 Å². The molecule has 2 amide bonds. The highest BCUT2D eigenvalue weighted by Crippen LogP contribution is 2.26. The highest BCUT2D eigenvalue weighted by atomic mass is 79.9. The lowest BCUT2D eigenvalue weighted by molar-refractivity contribution is 0.0832. The summed E-state index contributed by atoms with van der Waals surface area (Å²) in [5.41, 5.74) is 6.31.